The van der Waals surface area contributed by atoms with E-state index in [2.05, 4.69) is 10.2 Å². The van der Waals surface area contributed by atoms with Gasteiger partial charge in [0.15, 0.2) is 17.2 Å². The Bertz CT molecular complexity index is 638. The van der Waals surface area contributed by atoms with Gasteiger partial charge in [0.25, 0.3) is 5.89 Å². The number of methoxy groups -OCH3 is 2. The van der Waals surface area contributed by atoms with Crippen LogP contribution in [0.5, 0.6) is 5.75 Å². The Labute approximate surface area is 120 Å². The molecular formula is C14H15FN2O4. The van der Waals surface area contributed by atoms with Gasteiger partial charge in [-0.3, -0.25) is 0 Å². The molecule has 1 unspecified atom stereocenters. The summed E-state index contributed by atoms with van der Waals surface area (Å²) in [6, 6.07) is 4.36. The molecule has 1 aliphatic heterocycles. The number of nitrogens with zero attached hydrogens (tertiary/aromatic N) is 2. The average molecular weight is 294 g/mol. The molecule has 2 aromatic rings. The van der Waals surface area contributed by atoms with Crippen molar-refractivity contribution in [2.24, 2.45) is 0 Å². The maximum absolute atomic E-state index is 13.4. The Morgan fingerprint density at radius 2 is 2.14 bits per heavy atom. The lowest BCUT2D eigenvalue weighted by molar-refractivity contribution is -0.0407. The summed E-state index contributed by atoms with van der Waals surface area (Å²) in [5, 5.41) is 8.04. The second-order valence-corrected chi connectivity index (χ2v) is 4.76. The van der Waals surface area contributed by atoms with E-state index in [9.17, 15) is 4.39 Å². The van der Waals surface area contributed by atoms with E-state index in [4.69, 9.17) is 18.6 Å². The Balaban J connectivity index is 1.95. The highest BCUT2D eigenvalue weighted by atomic mass is 19.1. The molecule has 21 heavy (non-hydrogen) atoms. The summed E-state index contributed by atoms with van der Waals surface area (Å²) in [6.07, 6.45) is 0.651. The lowest BCUT2D eigenvalue weighted by Crippen LogP contribution is -2.29. The third kappa shape index (κ3) is 2.38. The molecule has 0 radical (unpaired) electrons. The van der Waals surface area contributed by atoms with Crippen LogP contribution in [0.25, 0.3) is 11.5 Å². The number of halogens is 1. The van der Waals surface area contributed by atoms with E-state index in [1.807, 2.05) is 0 Å². The van der Waals surface area contributed by atoms with E-state index in [0.29, 0.717) is 31.1 Å². The summed E-state index contributed by atoms with van der Waals surface area (Å²) >= 11 is 0. The molecule has 0 spiro atoms. The first-order chi connectivity index (χ1) is 10.2. The number of hydrogen-bond donors (Lipinski definition) is 0. The van der Waals surface area contributed by atoms with E-state index >= 15 is 0 Å². The van der Waals surface area contributed by atoms with Crippen LogP contribution in [0.3, 0.4) is 0 Å². The van der Waals surface area contributed by atoms with Gasteiger partial charge < -0.3 is 18.6 Å². The fourth-order valence-electron chi connectivity index (χ4n) is 2.28. The lowest BCUT2D eigenvalue weighted by atomic mass is 10.0. The summed E-state index contributed by atoms with van der Waals surface area (Å²) in [5.41, 5.74) is -0.118. The first-order valence-electron chi connectivity index (χ1n) is 6.49. The normalized spacial score (nSPS) is 21.7. The van der Waals surface area contributed by atoms with Crippen LogP contribution >= 0.6 is 0 Å². The van der Waals surface area contributed by atoms with Gasteiger partial charge in [0.2, 0.25) is 5.89 Å². The zero-order chi connectivity index (χ0) is 14.9. The quantitative estimate of drug-likeness (QED) is 0.860. The van der Waals surface area contributed by atoms with E-state index in [0.717, 1.165) is 0 Å². The molecule has 1 aliphatic rings. The van der Waals surface area contributed by atoms with Gasteiger partial charge in [0.1, 0.15) is 0 Å². The highest BCUT2D eigenvalue weighted by Gasteiger charge is 2.42. The van der Waals surface area contributed by atoms with Crippen LogP contribution < -0.4 is 4.74 Å². The van der Waals surface area contributed by atoms with Gasteiger partial charge in [-0.15, -0.1) is 10.2 Å². The Morgan fingerprint density at radius 3 is 2.81 bits per heavy atom. The number of hydrogen-bond acceptors (Lipinski definition) is 6. The highest BCUT2D eigenvalue weighted by molar-refractivity contribution is 5.55. The molecule has 1 aromatic heterocycles. The van der Waals surface area contributed by atoms with E-state index in [1.165, 1.54) is 19.2 Å². The summed E-state index contributed by atoms with van der Waals surface area (Å²) in [5.74, 6) is 0.323. The van der Waals surface area contributed by atoms with Crippen LogP contribution in [-0.4, -0.2) is 37.6 Å². The van der Waals surface area contributed by atoms with Crippen LogP contribution in [0, 0.1) is 5.82 Å². The molecule has 0 N–H and O–H groups in total. The smallest absolute Gasteiger partial charge is 0.251 e. The summed E-state index contributed by atoms with van der Waals surface area (Å²) in [4.78, 5) is 0. The summed E-state index contributed by atoms with van der Waals surface area (Å²) < 4.78 is 34.9. The van der Waals surface area contributed by atoms with Crippen molar-refractivity contribution in [1.82, 2.24) is 10.2 Å². The molecule has 0 bridgehead atoms. The second-order valence-electron chi connectivity index (χ2n) is 4.76. The first-order valence-corrected chi connectivity index (χ1v) is 6.49. The first kappa shape index (κ1) is 14.0. The molecule has 0 aliphatic carbocycles. The van der Waals surface area contributed by atoms with Crippen LogP contribution in [0.2, 0.25) is 0 Å². The minimum Gasteiger partial charge on any atom is -0.494 e. The molecule has 6 nitrogen and oxygen atoms in total. The van der Waals surface area contributed by atoms with Crippen molar-refractivity contribution in [2.75, 3.05) is 27.4 Å². The predicted octanol–water partition coefficient (Wildman–Crippen LogP) is 2.15. The molecule has 7 heteroatoms. The fourth-order valence-corrected chi connectivity index (χ4v) is 2.28. The second kappa shape index (κ2) is 5.42. The van der Waals surface area contributed by atoms with Gasteiger partial charge in [-0.25, -0.2) is 4.39 Å². The number of benzene rings is 1. The molecule has 1 aromatic carbocycles. The Morgan fingerprint density at radius 1 is 1.29 bits per heavy atom. The molecule has 0 saturated carbocycles. The van der Waals surface area contributed by atoms with Gasteiger partial charge in [0, 0.05) is 19.1 Å². The predicted molar refractivity (Wildman–Crippen MR) is 70.4 cm³/mol. The van der Waals surface area contributed by atoms with Crippen molar-refractivity contribution in [2.45, 2.75) is 12.0 Å². The maximum atomic E-state index is 13.4. The zero-order valence-corrected chi connectivity index (χ0v) is 11.8. The van der Waals surface area contributed by atoms with Crippen molar-refractivity contribution in [3.8, 4) is 17.2 Å². The van der Waals surface area contributed by atoms with Crippen LogP contribution in [0.4, 0.5) is 4.39 Å². The van der Waals surface area contributed by atoms with Gasteiger partial charge in [-0.2, -0.15) is 0 Å². The number of ether oxygens (including phenoxy) is 3. The highest BCUT2D eigenvalue weighted by Crippen LogP contribution is 2.35. The van der Waals surface area contributed by atoms with Crippen molar-refractivity contribution < 1.29 is 23.0 Å². The lowest BCUT2D eigenvalue weighted by Gasteiger charge is -2.20. The van der Waals surface area contributed by atoms with Crippen molar-refractivity contribution in [3.63, 3.8) is 0 Å². The van der Waals surface area contributed by atoms with Crippen molar-refractivity contribution in [1.29, 1.82) is 0 Å². The molecule has 2 heterocycles. The SMILES string of the molecule is COc1cc(-c2nnc(C3(OC)CCOC3)o2)ccc1F. The minimum absolute atomic E-state index is 0.123. The topological polar surface area (TPSA) is 66.6 Å². The third-order valence-corrected chi connectivity index (χ3v) is 3.59. The van der Waals surface area contributed by atoms with Gasteiger partial charge >= 0.3 is 0 Å². The van der Waals surface area contributed by atoms with Crippen LogP contribution in [0.15, 0.2) is 22.6 Å². The molecular weight excluding hydrogens is 279 g/mol. The van der Waals surface area contributed by atoms with Gasteiger partial charge in [-0.05, 0) is 18.2 Å². The Kier molecular flexibility index (Phi) is 3.60. The molecule has 0 amide bonds. The van der Waals surface area contributed by atoms with E-state index < -0.39 is 11.4 Å². The zero-order valence-electron chi connectivity index (χ0n) is 11.8. The van der Waals surface area contributed by atoms with Gasteiger partial charge in [0.05, 0.1) is 20.3 Å². The van der Waals surface area contributed by atoms with Crippen molar-refractivity contribution in [3.05, 3.63) is 29.9 Å². The molecule has 1 fully saturated rings. The number of rotatable bonds is 4. The molecule has 1 atom stereocenters. The van der Waals surface area contributed by atoms with Crippen LogP contribution in [-0.2, 0) is 15.1 Å². The molecule has 1 saturated heterocycles. The maximum Gasteiger partial charge on any atom is 0.251 e. The largest absolute Gasteiger partial charge is 0.494 e. The average Bonchev–Trinajstić information content (AvgIpc) is 3.17. The standard InChI is InChI=1S/C14H15FN2O4/c1-18-11-7-9(3-4-10(11)15)12-16-17-13(21-12)14(19-2)5-6-20-8-14/h3-4,7H,5-6,8H2,1-2H3. The summed E-state index contributed by atoms with van der Waals surface area (Å²) in [6.45, 7) is 0.952. The third-order valence-electron chi connectivity index (χ3n) is 3.59. The van der Waals surface area contributed by atoms with E-state index in [1.54, 1.807) is 13.2 Å². The molecule has 3 rings (SSSR count). The summed E-state index contributed by atoms with van der Waals surface area (Å²) in [7, 11) is 2.98. The van der Waals surface area contributed by atoms with E-state index in [-0.39, 0.29) is 11.6 Å². The minimum atomic E-state index is -0.699. The Hall–Kier alpha value is -1.99. The van der Waals surface area contributed by atoms with Crippen LogP contribution in [0.1, 0.15) is 12.3 Å². The fraction of sp³-hybridized carbons (Fsp3) is 0.429. The van der Waals surface area contributed by atoms with Crippen molar-refractivity contribution >= 4 is 0 Å². The molecule has 112 valence electrons. The monoisotopic (exact) mass is 294 g/mol. The van der Waals surface area contributed by atoms with Gasteiger partial charge in [-0.1, -0.05) is 0 Å². The number of aromatic nitrogens is 2.